The Labute approximate surface area is 115 Å². The van der Waals surface area contributed by atoms with Crippen LogP contribution < -0.4 is 5.32 Å². The minimum atomic E-state index is -4.51. The van der Waals surface area contributed by atoms with E-state index in [-0.39, 0.29) is 5.54 Å². The van der Waals surface area contributed by atoms with Crippen LogP contribution in [0.5, 0.6) is 0 Å². The van der Waals surface area contributed by atoms with Crippen LogP contribution in [0.2, 0.25) is 0 Å². The Morgan fingerprint density at radius 2 is 1.95 bits per heavy atom. The highest BCUT2D eigenvalue weighted by Crippen LogP contribution is 2.30. The minimum absolute atomic E-state index is 0.0849. The first kappa shape index (κ1) is 15.3. The van der Waals surface area contributed by atoms with Crippen molar-refractivity contribution in [1.82, 2.24) is 10.2 Å². The second-order valence-electron chi connectivity index (χ2n) is 5.87. The molecule has 1 N–H and O–H groups in total. The lowest BCUT2D eigenvalue weighted by molar-refractivity contribution is -0.137. The molecule has 0 atom stereocenters. The molecule has 1 saturated heterocycles. The Morgan fingerprint density at radius 1 is 1.25 bits per heavy atom. The van der Waals surface area contributed by atoms with E-state index in [1.54, 1.807) is 0 Å². The predicted molar refractivity (Wildman–Crippen MR) is 68.8 cm³/mol. The maximum atomic E-state index is 13.3. The molecule has 1 aliphatic heterocycles. The quantitative estimate of drug-likeness (QED) is 0.842. The van der Waals surface area contributed by atoms with Gasteiger partial charge in [-0.1, -0.05) is 0 Å². The zero-order chi connectivity index (χ0) is 15.0. The monoisotopic (exact) mass is 290 g/mol. The number of hydrogen-bond acceptors (Lipinski definition) is 2. The Bertz CT molecular complexity index is 483. The number of rotatable bonds is 2. The third kappa shape index (κ3) is 3.93. The molecular weight excluding hydrogens is 272 g/mol. The minimum Gasteiger partial charge on any atom is -0.309 e. The van der Waals surface area contributed by atoms with Crippen LogP contribution in [0.4, 0.5) is 17.6 Å². The zero-order valence-electron chi connectivity index (χ0n) is 11.5. The van der Waals surface area contributed by atoms with Gasteiger partial charge >= 0.3 is 6.18 Å². The number of hydrogen-bond donors (Lipinski definition) is 1. The standard InChI is InChI=1S/C14H18F4N2/c1-13(2)9-20(4-3-19-13)8-10-5-11(14(16,17)18)7-12(15)6-10/h5-7,19H,3-4,8-9H2,1-2H3. The molecule has 0 spiro atoms. The van der Waals surface area contributed by atoms with Gasteiger partial charge in [-0.2, -0.15) is 13.2 Å². The van der Waals surface area contributed by atoms with Crippen LogP contribution in [-0.2, 0) is 12.7 Å². The summed E-state index contributed by atoms with van der Waals surface area (Å²) in [5.41, 5.74) is -0.657. The summed E-state index contributed by atoms with van der Waals surface area (Å²) in [6.45, 7) is 6.62. The number of nitrogens with one attached hydrogen (secondary N) is 1. The van der Waals surface area contributed by atoms with Crippen molar-refractivity contribution in [3.63, 3.8) is 0 Å². The molecule has 0 aromatic heterocycles. The van der Waals surface area contributed by atoms with Crippen molar-refractivity contribution in [2.24, 2.45) is 0 Å². The van der Waals surface area contributed by atoms with Crippen molar-refractivity contribution in [2.45, 2.75) is 32.1 Å². The third-order valence-electron chi connectivity index (χ3n) is 3.34. The largest absolute Gasteiger partial charge is 0.416 e. The number of benzene rings is 1. The molecule has 1 aromatic rings. The summed E-state index contributed by atoms with van der Waals surface area (Å²) in [5.74, 6) is -0.843. The van der Waals surface area contributed by atoms with Crippen LogP contribution in [0.1, 0.15) is 25.0 Å². The predicted octanol–water partition coefficient (Wildman–Crippen LogP) is 3.03. The van der Waals surface area contributed by atoms with Crippen molar-refractivity contribution in [3.05, 3.63) is 35.1 Å². The highest BCUT2D eigenvalue weighted by molar-refractivity contribution is 5.27. The molecule has 1 fully saturated rings. The first-order valence-electron chi connectivity index (χ1n) is 6.50. The highest BCUT2D eigenvalue weighted by atomic mass is 19.4. The first-order valence-corrected chi connectivity index (χ1v) is 6.50. The van der Waals surface area contributed by atoms with Gasteiger partial charge in [0.05, 0.1) is 5.56 Å². The molecule has 0 saturated carbocycles. The van der Waals surface area contributed by atoms with Gasteiger partial charge in [0.25, 0.3) is 0 Å². The highest BCUT2D eigenvalue weighted by Gasteiger charge is 2.32. The lowest BCUT2D eigenvalue weighted by Gasteiger charge is -2.39. The van der Waals surface area contributed by atoms with E-state index in [1.807, 2.05) is 18.7 Å². The number of nitrogens with zero attached hydrogens (tertiary/aromatic N) is 1. The van der Waals surface area contributed by atoms with E-state index in [9.17, 15) is 17.6 Å². The normalized spacial score (nSPS) is 20.1. The Hall–Kier alpha value is -1.14. The fourth-order valence-corrected chi connectivity index (χ4v) is 2.54. The van der Waals surface area contributed by atoms with Crippen LogP contribution in [0.15, 0.2) is 18.2 Å². The molecule has 6 heteroatoms. The summed E-state index contributed by atoms with van der Waals surface area (Å²) in [5, 5.41) is 3.33. The van der Waals surface area contributed by atoms with Gasteiger partial charge in [-0.25, -0.2) is 4.39 Å². The van der Waals surface area contributed by atoms with Gasteiger partial charge in [-0.15, -0.1) is 0 Å². The molecule has 0 amide bonds. The molecule has 0 radical (unpaired) electrons. The Morgan fingerprint density at radius 3 is 2.55 bits per heavy atom. The van der Waals surface area contributed by atoms with Crippen molar-refractivity contribution >= 4 is 0 Å². The van der Waals surface area contributed by atoms with Crippen LogP contribution >= 0.6 is 0 Å². The zero-order valence-corrected chi connectivity index (χ0v) is 11.5. The van der Waals surface area contributed by atoms with E-state index in [0.717, 1.165) is 19.2 Å². The molecule has 2 nitrogen and oxygen atoms in total. The van der Waals surface area contributed by atoms with Crippen LogP contribution in [0, 0.1) is 5.82 Å². The van der Waals surface area contributed by atoms with Gasteiger partial charge in [0.15, 0.2) is 0 Å². The summed E-state index contributed by atoms with van der Waals surface area (Å²) < 4.78 is 51.3. The maximum Gasteiger partial charge on any atom is 0.416 e. The van der Waals surface area contributed by atoms with Crippen LogP contribution in [0.3, 0.4) is 0 Å². The molecule has 112 valence electrons. The van der Waals surface area contributed by atoms with Crippen molar-refractivity contribution in [1.29, 1.82) is 0 Å². The van der Waals surface area contributed by atoms with Gasteiger partial charge in [-0.05, 0) is 37.6 Å². The van der Waals surface area contributed by atoms with Gasteiger partial charge < -0.3 is 5.32 Å². The smallest absolute Gasteiger partial charge is 0.309 e. The molecule has 0 bridgehead atoms. The maximum absolute atomic E-state index is 13.3. The molecule has 0 aliphatic carbocycles. The van der Waals surface area contributed by atoms with E-state index in [4.69, 9.17) is 0 Å². The van der Waals surface area contributed by atoms with Crippen LogP contribution in [-0.4, -0.2) is 30.1 Å². The second-order valence-corrected chi connectivity index (χ2v) is 5.87. The van der Waals surface area contributed by atoms with Crippen LogP contribution in [0.25, 0.3) is 0 Å². The summed E-state index contributed by atoms with van der Waals surface area (Å²) in [7, 11) is 0. The molecule has 2 rings (SSSR count). The SMILES string of the molecule is CC1(C)CN(Cc2cc(F)cc(C(F)(F)F)c2)CCN1. The van der Waals surface area contributed by atoms with Crippen molar-refractivity contribution in [3.8, 4) is 0 Å². The Kier molecular flexibility index (Phi) is 4.07. The van der Waals surface area contributed by atoms with E-state index in [1.165, 1.54) is 6.07 Å². The third-order valence-corrected chi connectivity index (χ3v) is 3.34. The average Bonchev–Trinajstić information content (AvgIpc) is 2.25. The molecule has 0 unspecified atom stereocenters. The summed E-state index contributed by atoms with van der Waals surface area (Å²) in [6, 6.07) is 2.73. The van der Waals surface area contributed by atoms with Crippen molar-refractivity contribution < 1.29 is 17.6 Å². The van der Waals surface area contributed by atoms with E-state index < -0.39 is 17.6 Å². The average molecular weight is 290 g/mol. The topological polar surface area (TPSA) is 15.3 Å². The number of alkyl halides is 3. The second kappa shape index (κ2) is 5.33. The first-order chi connectivity index (χ1) is 9.16. The Balaban J connectivity index is 2.15. The lowest BCUT2D eigenvalue weighted by Crippen LogP contribution is -2.56. The summed E-state index contributed by atoms with van der Waals surface area (Å²) in [6.07, 6.45) is -4.51. The van der Waals surface area contributed by atoms with E-state index in [0.29, 0.717) is 24.7 Å². The molecule has 1 heterocycles. The van der Waals surface area contributed by atoms with Gasteiger partial charge in [0.1, 0.15) is 5.82 Å². The molecule has 1 aliphatic rings. The summed E-state index contributed by atoms with van der Waals surface area (Å²) >= 11 is 0. The van der Waals surface area contributed by atoms with Gasteiger partial charge in [0, 0.05) is 31.7 Å². The molecular formula is C14H18F4N2. The lowest BCUT2D eigenvalue weighted by atomic mass is 10.0. The fourth-order valence-electron chi connectivity index (χ4n) is 2.54. The van der Waals surface area contributed by atoms with Gasteiger partial charge in [-0.3, -0.25) is 4.90 Å². The molecule has 1 aromatic carbocycles. The van der Waals surface area contributed by atoms with E-state index >= 15 is 0 Å². The summed E-state index contributed by atoms with van der Waals surface area (Å²) in [4.78, 5) is 2.03. The van der Waals surface area contributed by atoms with E-state index in [2.05, 4.69) is 5.32 Å². The van der Waals surface area contributed by atoms with Crippen molar-refractivity contribution in [2.75, 3.05) is 19.6 Å². The fraction of sp³-hybridized carbons (Fsp3) is 0.571. The molecule has 20 heavy (non-hydrogen) atoms. The van der Waals surface area contributed by atoms with Gasteiger partial charge in [0.2, 0.25) is 0 Å². The number of piperazine rings is 1. The number of halogens is 4.